The van der Waals surface area contributed by atoms with E-state index in [1.807, 2.05) is 4.90 Å². The number of aromatic amines is 1. The Bertz CT molecular complexity index is 1150. The maximum atomic E-state index is 12.6. The highest BCUT2D eigenvalue weighted by Crippen LogP contribution is 2.22. The van der Waals surface area contributed by atoms with Gasteiger partial charge in [-0.15, -0.1) is 0 Å². The quantitative estimate of drug-likeness (QED) is 0.630. The van der Waals surface area contributed by atoms with Gasteiger partial charge in [-0.1, -0.05) is 29.3 Å². The molecule has 3 aromatic rings. The first-order chi connectivity index (χ1) is 14.7. The molecule has 28 heavy (non-hydrogen) atoms. The molecule has 8 nitrogen and oxygen atoms in total. The molecule has 10 heteroatoms. The Morgan fingerprint density at radius 2 is 2.25 bits per heavy atom. The maximum Gasteiger partial charge on any atom is 0.278 e. The van der Waals surface area contributed by atoms with E-state index in [0.29, 0.717) is 37.4 Å². The molecule has 1 saturated heterocycles. The Hall–Kier alpha value is -2.13. The molecule has 0 spiro atoms. The van der Waals surface area contributed by atoms with Crippen LogP contribution in [0.2, 0.25) is 10.0 Å². The van der Waals surface area contributed by atoms with E-state index in [-0.39, 0.29) is 40.7 Å². The number of H-pyrrole nitrogens is 1. The van der Waals surface area contributed by atoms with E-state index < -0.39 is 6.56 Å². The third-order valence-corrected chi connectivity index (χ3v) is 5.11. The minimum Gasteiger partial charge on any atom is -0.379 e. The number of hydrogen-bond donors (Lipinski definition) is 2. The fourth-order valence-electron chi connectivity index (χ4n) is 2.92. The minimum atomic E-state index is -1.66. The van der Waals surface area contributed by atoms with Crippen LogP contribution in [-0.4, -0.2) is 57.2 Å². The highest BCUT2D eigenvalue weighted by molar-refractivity contribution is 6.42. The molecule has 4 rings (SSSR count). The molecule has 0 unspecified atom stereocenters. The van der Waals surface area contributed by atoms with Crippen molar-refractivity contribution < 1.29 is 8.85 Å². The average molecular weight is 426 g/mol. The summed E-state index contributed by atoms with van der Waals surface area (Å²) >= 11 is 11.9. The predicted octanol–water partition coefficient (Wildman–Crippen LogP) is 2.37. The van der Waals surface area contributed by atoms with Crippen molar-refractivity contribution in [3.63, 3.8) is 0 Å². The van der Waals surface area contributed by atoms with Crippen LogP contribution in [0.15, 0.2) is 29.3 Å². The highest BCUT2D eigenvalue weighted by Gasteiger charge is 2.14. The molecule has 148 valence electrons. The fraction of sp³-hybridized carbons (Fsp3) is 0.389. The van der Waals surface area contributed by atoms with Gasteiger partial charge in [0.15, 0.2) is 11.2 Å². The van der Waals surface area contributed by atoms with Crippen molar-refractivity contribution in [3.8, 4) is 0 Å². The molecule has 2 N–H and O–H groups in total. The summed E-state index contributed by atoms with van der Waals surface area (Å²) in [4.78, 5) is 25.9. The van der Waals surface area contributed by atoms with Crippen molar-refractivity contribution in [2.45, 2.75) is 13.1 Å². The smallest absolute Gasteiger partial charge is 0.278 e. The normalized spacial score (nSPS) is 18.6. The summed E-state index contributed by atoms with van der Waals surface area (Å²) in [6, 6.07) is 3.35. The number of anilines is 1. The lowest BCUT2D eigenvalue weighted by Crippen LogP contribution is -2.38. The number of halogens is 2. The predicted molar refractivity (Wildman–Crippen MR) is 109 cm³/mol. The molecule has 2 aromatic heterocycles. The van der Waals surface area contributed by atoms with Gasteiger partial charge in [0.25, 0.3) is 5.56 Å². The van der Waals surface area contributed by atoms with E-state index in [1.165, 1.54) is 0 Å². The van der Waals surface area contributed by atoms with Crippen LogP contribution in [0.25, 0.3) is 11.2 Å². The van der Waals surface area contributed by atoms with E-state index in [9.17, 15) is 4.79 Å². The van der Waals surface area contributed by atoms with Crippen LogP contribution in [0.5, 0.6) is 0 Å². The first kappa shape index (κ1) is 15.8. The molecule has 0 aliphatic carbocycles. The maximum absolute atomic E-state index is 12.6. The third-order valence-electron chi connectivity index (χ3n) is 4.41. The van der Waals surface area contributed by atoms with Crippen LogP contribution in [0.3, 0.4) is 0 Å². The number of aromatic nitrogens is 4. The van der Waals surface area contributed by atoms with Crippen molar-refractivity contribution in [2.75, 3.05) is 38.1 Å². The Morgan fingerprint density at radius 3 is 3.07 bits per heavy atom. The summed E-state index contributed by atoms with van der Waals surface area (Å²) in [5, 5.41) is 3.48. The van der Waals surface area contributed by atoms with E-state index in [1.54, 1.807) is 23.0 Å². The lowest BCUT2D eigenvalue weighted by atomic mass is 10.2. The number of fused-ring (bicyclic) bond motifs is 1. The van der Waals surface area contributed by atoms with Gasteiger partial charge in [0.2, 0.25) is 5.95 Å². The zero-order chi connectivity index (χ0) is 22.2. The van der Waals surface area contributed by atoms with Crippen molar-refractivity contribution >= 4 is 40.3 Å². The number of morpholine rings is 1. The third kappa shape index (κ3) is 4.30. The monoisotopic (exact) mass is 425 g/mol. The van der Waals surface area contributed by atoms with Crippen molar-refractivity contribution in [1.29, 1.82) is 0 Å². The van der Waals surface area contributed by atoms with Crippen LogP contribution in [0, 0.1) is 0 Å². The van der Waals surface area contributed by atoms with Crippen molar-refractivity contribution in [3.05, 3.63) is 50.5 Å². The van der Waals surface area contributed by atoms with Gasteiger partial charge in [-0.05, 0) is 17.7 Å². The lowest BCUT2D eigenvalue weighted by molar-refractivity contribution is 0.0365. The van der Waals surface area contributed by atoms with Gasteiger partial charge >= 0.3 is 0 Å². The van der Waals surface area contributed by atoms with Gasteiger partial charge < -0.3 is 14.6 Å². The number of nitrogens with zero attached hydrogens (tertiary/aromatic N) is 4. The number of ether oxygens (including phenoxy) is 1. The van der Waals surface area contributed by atoms with E-state index in [4.69, 9.17) is 32.1 Å². The summed E-state index contributed by atoms with van der Waals surface area (Å²) in [7, 11) is 0. The molecule has 1 fully saturated rings. The highest BCUT2D eigenvalue weighted by atomic mass is 35.5. The number of imidazole rings is 1. The van der Waals surface area contributed by atoms with Gasteiger partial charge in [0.05, 0.1) is 33.7 Å². The standard InChI is InChI=1S/C18H20Cl2N6O2/c19-13-2-1-12(9-14(13)20)10-21-18-23-16-15(17(27)24-18)26(11-22-16)4-3-25-5-7-28-8-6-25/h1-2,9,11H,3-8,10H2,(H2,21,23,24,27)/i2D,7D2. The molecule has 0 saturated carbocycles. The molecule has 3 heterocycles. The van der Waals surface area contributed by atoms with Gasteiger partial charge in [-0.3, -0.25) is 14.7 Å². The first-order valence-electron chi connectivity index (χ1n) is 10.2. The van der Waals surface area contributed by atoms with Crippen LogP contribution in [-0.2, 0) is 17.8 Å². The zero-order valence-corrected chi connectivity index (χ0v) is 16.3. The number of nitrogens with one attached hydrogen (secondary N) is 2. The molecule has 0 atom stereocenters. The Morgan fingerprint density at radius 1 is 1.36 bits per heavy atom. The van der Waals surface area contributed by atoms with E-state index >= 15 is 0 Å². The SMILES string of the molecule is [2H]c1cc(CNc2nc3ncn(CCN4CCOC([2H])([2H])C4)c3c(=O)[nH]2)cc(Cl)c1Cl. The summed E-state index contributed by atoms with van der Waals surface area (Å²) in [6.45, 7) is 0.789. The second kappa shape index (κ2) is 8.48. The number of benzene rings is 1. The van der Waals surface area contributed by atoms with Crippen molar-refractivity contribution in [2.24, 2.45) is 0 Å². The Labute approximate surface area is 175 Å². The summed E-state index contributed by atoms with van der Waals surface area (Å²) in [6.07, 6.45) is 1.55. The average Bonchev–Trinajstić information content (AvgIpc) is 3.11. The molecular weight excluding hydrogens is 403 g/mol. The second-order valence-electron chi connectivity index (χ2n) is 6.32. The van der Waals surface area contributed by atoms with E-state index in [2.05, 4.69) is 20.3 Å². The Balaban J connectivity index is 1.46. The largest absolute Gasteiger partial charge is 0.379 e. The van der Waals surface area contributed by atoms with Crippen LogP contribution >= 0.6 is 23.2 Å². The minimum absolute atomic E-state index is 0.120. The first-order valence-corrected chi connectivity index (χ1v) is 9.47. The second-order valence-corrected chi connectivity index (χ2v) is 7.10. The van der Waals surface area contributed by atoms with Gasteiger partial charge in [-0.25, -0.2) is 4.98 Å². The molecule has 0 amide bonds. The summed E-state index contributed by atoms with van der Waals surface area (Å²) in [5.74, 6) is 0.252. The topological polar surface area (TPSA) is 88.1 Å². The van der Waals surface area contributed by atoms with E-state index in [0.717, 1.165) is 5.56 Å². The number of rotatable bonds is 6. The van der Waals surface area contributed by atoms with Crippen LogP contribution in [0.4, 0.5) is 5.95 Å². The van der Waals surface area contributed by atoms with Gasteiger partial charge in [0, 0.05) is 32.7 Å². The molecule has 1 aliphatic rings. The number of hydrogen-bond acceptors (Lipinski definition) is 6. The van der Waals surface area contributed by atoms with Crippen LogP contribution in [0.1, 0.15) is 9.68 Å². The lowest BCUT2D eigenvalue weighted by Gasteiger charge is -2.26. The molecule has 1 aliphatic heterocycles. The van der Waals surface area contributed by atoms with Crippen LogP contribution < -0.4 is 10.9 Å². The molecule has 0 radical (unpaired) electrons. The summed E-state index contributed by atoms with van der Waals surface area (Å²) < 4.78 is 30.0. The molecule has 0 bridgehead atoms. The Kier molecular flexibility index (Phi) is 4.77. The molecular formula is C18H20Cl2N6O2. The zero-order valence-electron chi connectivity index (χ0n) is 17.8. The van der Waals surface area contributed by atoms with Crippen molar-refractivity contribution in [1.82, 2.24) is 24.4 Å². The fourth-order valence-corrected chi connectivity index (χ4v) is 3.23. The van der Waals surface area contributed by atoms with Gasteiger partial charge in [-0.2, -0.15) is 4.98 Å². The summed E-state index contributed by atoms with van der Waals surface area (Å²) in [5.41, 5.74) is 1.04. The molecule has 1 aromatic carbocycles. The van der Waals surface area contributed by atoms with Gasteiger partial charge in [0.1, 0.15) is 0 Å².